The molecule has 9 heteroatoms. The number of aryl methyl sites for hydroxylation is 1. The van der Waals surface area contributed by atoms with Gasteiger partial charge in [0.1, 0.15) is 18.0 Å². The molecule has 1 aromatic heterocycles. The zero-order valence-corrected chi connectivity index (χ0v) is 18.9. The van der Waals surface area contributed by atoms with Crippen molar-refractivity contribution in [1.82, 2.24) is 15.1 Å². The van der Waals surface area contributed by atoms with Gasteiger partial charge in [0.25, 0.3) is 5.91 Å². The molecule has 0 spiro atoms. The molecule has 0 saturated heterocycles. The Morgan fingerprint density at radius 2 is 1.71 bits per heavy atom. The van der Waals surface area contributed by atoms with Gasteiger partial charge < -0.3 is 15.2 Å². The van der Waals surface area contributed by atoms with Crippen LogP contribution in [-0.4, -0.2) is 45.5 Å². The average Bonchev–Trinajstić information content (AvgIpc) is 3.34. The number of nitrogens with one attached hydrogen (secondary N) is 2. The predicted molar refractivity (Wildman–Crippen MR) is 126 cm³/mol. The summed E-state index contributed by atoms with van der Waals surface area (Å²) in [4.78, 5) is 36.0. The molecule has 3 N–H and O–H groups in total. The summed E-state index contributed by atoms with van der Waals surface area (Å²) in [7, 11) is 1.60. The number of nitrogens with zero attached hydrogens (tertiary/aromatic N) is 2. The molecule has 3 aromatic rings. The van der Waals surface area contributed by atoms with E-state index in [4.69, 9.17) is 9.84 Å². The number of hydrogen-bond donors (Lipinski definition) is 3. The summed E-state index contributed by atoms with van der Waals surface area (Å²) in [5, 5.41) is 18.2. The Hall–Kier alpha value is -4.14. The number of aromatic nitrogens is 2. The number of carboxylic acids is 1. The van der Waals surface area contributed by atoms with Crippen molar-refractivity contribution in [1.29, 1.82) is 0 Å². The summed E-state index contributed by atoms with van der Waals surface area (Å²) in [6.45, 7) is 1.86. The van der Waals surface area contributed by atoms with E-state index < -0.39 is 18.0 Å². The van der Waals surface area contributed by atoms with Crippen molar-refractivity contribution >= 4 is 23.8 Å². The number of carbonyl (C=O) groups excluding carboxylic acids is 2. The fourth-order valence-electron chi connectivity index (χ4n) is 4.20. The van der Waals surface area contributed by atoms with Gasteiger partial charge in [-0.3, -0.25) is 19.6 Å². The highest BCUT2D eigenvalue weighted by atomic mass is 16.5. The van der Waals surface area contributed by atoms with Crippen LogP contribution in [0, 0.1) is 0 Å². The van der Waals surface area contributed by atoms with Crippen molar-refractivity contribution in [3.05, 3.63) is 71.4 Å². The Bertz CT molecular complexity index is 1190. The van der Waals surface area contributed by atoms with Crippen molar-refractivity contribution in [2.75, 3.05) is 11.9 Å². The maximum absolute atomic E-state index is 12.7. The normalized spacial score (nSPS) is 13.0. The van der Waals surface area contributed by atoms with Gasteiger partial charge in [-0.05, 0) is 35.6 Å². The summed E-state index contributed by atoms with van der Waals surface area (Å²) in [6, 6.07) is 15.8. The van der Waals surface area contributed by atoms with Crippen molar-refractivity contribution < 1.29 is 24.2 Å². The molecular formula is C25H26N4O5. The number of benzene rings is 2. The van der Waals surface area contributed by atoms with Crippen molar-refractivity contribution in [3.8, 4) is 11.1 Å². The van der Waals surface area contributed by atoms with Gasteiger partial charge in [0.2, 0.25) is 0 Å². The van der Waals surface area contributed by atoms with E-state index in [1.807, 2.05) is 36.4 Å². The average molecular weight is 463 g/mol. The first-order valence-electron chi connectivity index (χ1n) is 11.0. The molecule has 1 heterocycles. The molecular weight excluding hydrogens is 436 g/mol. The fraction of sp³-hybridized carbons (Fsp3) is 0.280. The van der Waals surface area contributed by atoms with Gasteiger partial charge in [-0.1, -0.05) is 48.5 Å². The van der Waals surface area contributed by atoms with E-state index in [9.17, 15) is 14.4 Å². The summed E-state index contributed by atoms with van der Waals surface area (Å²) >= 11 is 0. The molecule has 0 aliphatic heterocycles. The molecule has 0 bridgehead atoms. The standard InChI is InChI=1S/C25H26N4O5/c1-15(11-12-22(30)31)27-24(32)20-13-26-29(2)23(20)28-25(33)34-14-21-18-9-5-3-7-16(18)17-8-4-6-10-19(17)21/h3-10,13,15,21H,11-12,14H2,1-2H3,(H,27,32)(H,28,33)(H,30,31). The van der Waals surface area contributed by atoms with Gasteiger partial charge in [-0.2, -0.15) is 5.10 Å². The summed E-state index contributed by atoms with van der Waals surface area (Å²) in [5.41, 5.74) is 4.64. The zero-order valence-electron chi connectivity index (χ0n) is 18.9. The van der Waals surface area contributed by atoms with Gasteiger partial charge in [0.15, 0.2) is 0 Å². The first-order chi connectivity index (χ1) is 16.3. The van der Waals surface area contributed by atoms with E-state index in [1.165, 1.54) is 10.9 Å². The lowest BCUT2D eigenvalue weighted by Gasteiger charge is -2.16. The van der Waals surface area contributed by atoms with Crippen LogP contribution in [-0.2, 0) is 16.6 Å². The van der Waals surface area contributed by atoms with Crippen LogP contribution in [0.5, 0.6) is 0 Å². The van der Waals surface area contributed by atoms with E-state index >= 15 is 0 Å². The van der Waals surface area contributed by atoms with Crippen LogP contribution in [0.25, 0.3) is 11.1 Å². The lowest BCUT2D eigenvalue weighted by Crippen LogP contribution is -2.33. The lowest BCUT2D eigenvalue weighted by molar-refractivity contribution is -0.137. The van der Waals surface area contributed by atoms with Crippen LogP contribution in [0.2, 0.25) is 0 Å². The van der Waals surface area contributed by atoms with E-state index in [0.717, 1.165) is 22.3 Å². The highest BCUT2D eigenvalue weighted by Gasteiger charge is 2.29. The van der Waals surface area contributed by atoms with Gasteiger partial charge in [0, 0.05) is 25.4 Å². The molecule has 0 saturated carbocycles. The van der Waals surface area contributed by atoms with Crippen LogP contribution < -0.4 is 10.6 Å². The second kappa shape index (κ2) is 9.78. The molecule has 1 aliphatic carbocycles. The molecule has 9 nitrogen and oxygen atoms in total. The van der Waals surface area contributed by atoms with Crippen molar-refractivity contribution in [3.63, 3.8) is 0 Å². The van der Waals surface area contributed by atoms with Crippen molar-refractivity contribution in [2.24, 2.45) is 7.05 Å². The number of fused-ring (bicyclic) bond motifs is 3. The molecule has 176 valence electrons. The minimum Gasteiger partial charge on any atom is -0.481 e. The Morgan fingerprint density at radius 1 is 1.09 bits per heavy atom. The third kappa shape index (κ3) is 4.78. The summed E-state index contributed by atoms with van der Waals surface area (Å²) in [5.74, 6) is -1.28. The Morgan fingerprint density at radius 3 is 2.32 bits per heavy atom. The summed E-state index contributed by atoms with van der Waals surface area (Å²) < 4.78 is 6.93. The number of hydrogen-bond acceptors (Lipinski definition) is 5. The Labute approximate surface area is 196 Å². The lowest BCUT2D eigenvalue weighted by atomic mass is 9.98. The topological polar surface area (TPSA) is 123 Å². The maximum atomic E-state index is 12.7. The van der Waals surface area contributed by atoms with Crippen LogP contribution in [0.4, 0.5) is 10.6 Å². The first kappa shape index (κ1) is 23.0. The Kier molecular flexibility index (Phi) is 6.62. The van der Waals surface area contributed by atoms with Crippen LogP contribution in [0.15, 0.2) is 54.7 Å². The SMILES string of the molecule is CC(CCC(=O)O)NC(=O)c1cnn(C)c1NC(=O)OCC1c2ccccc2-c2ccccc21. The molecule has 2 amide bonds. The first-order valence-corrected chi connectivity index (χ1v) is 11.0. The number of carboxylic acid groups (broad SMARTS) is 1. The minimum atomic E-state index is -0.930. The van der Waals surface area contributed by atoms with Crippen LogP contribution >= 0.6 is 0 Å². The number of amides is 2. The van der Waals surface area contributed by atoms with Gasteiger partial charge in [-0.25, -0.2) is 4.79 Å². The maximum Gasteiger partial charge on any atom is 0.412 e. The molecule has 2 aromatic carbocycles. The third-order valence-electron chi connectivity index (χ3n) is 5.92. The van der Waals surface area contributed by atoms with Crippen molar-refractivity contribution in [2.45, 2.75) is 31.7 Å². The second-order valence-corrected chi connectivity index (χ2v) is 8.29. The Balaban J connectivity index is 1.41. The van der Waals surface area contributed by atoms with Crippen LogP contribution in [0.1, 0.15) is 47.2 Å². The number of anilines is 1. The quantitative estimate of drug-likeness (QED) is 0.468. The van der Waals surface area contributed by atoms with E-state index in [1.54, 1.807) is 14.0 Å². The largest absolute Gasteiger partial charge is 0.481 e. The minimum absolute atomic E-state index is 0.0562. The van der Waals surface area contributed by atoms with Gasteiger partial charge in [-0.15, -0.1) is 0 Å². The van der Waals surface area contributed by atoms with E-state index in [2.05, 4.69) is 27.9 Å². The smallest absolute Gasteiger partial charge is 0.412 e. The second-order valence-electron chi connectivity index (χ2n) is 8.29. The van der Waals surface area contributed by atoms with Gasteiger partial charge in [0.05, 0.1) is 6.20 Å². The molecule has 34 heavy (non-hydrogen) atoms. The van der Waals surface area contributed by atoms with Gasteiger partial charge >= 0.3 is 12.1 Å². The van der Waals surface area contributed by atoms with E-state index in [0.29, 0.717) is 0 Å². The number of ether oxygens (including phenoxy) is 1. The summed E-state index contributed by atoms with van der Waals surface area (Å²) in [6.07, 6.45) is 0.882. The van der Waals surface area contributed by atoms with E-state index in [-0.39, 0.29) is 42.8 Å². The molecule has 1 atom stereocenters. The third-order valence-corrected chi connectivity index (χ3v) is 5.92. The van der Waals surface area contributed by atoms with Crippen LogP contribution in [0.3, 0.4) is 0 Å². The number of rotatable bonds is 8. The molecule has 0 fully saturated rings. The fourth-order valence-corrected chi connectivity index (χ4v) is 4.20. The molecule has 0 radical (unpaired) electrons. The number of carbonyl (C=O) groups is 3. The molecule has 1 unspecified atom stereocenters. The highest BCUT2D eigenvalue weighted by molar-refractivity contribution is 6.01. The molecule has 4 rings (SSSR count). The monoisotopic (exact) mass is 462 g/mol. The number of aliphatic carboxylic acids is 1. The zero-order chi connectivity index (χ0) is 24.2. The predicted octanol–water partition coefficient (Wildman–Crippen LogP) is 3.76. The highest BCUT2D eigenvalue weighted by Crippen LogP contribution is 2.44. The molecule has 1 aliphatic rings.